The van der Waals surface area contributed by atoms with Crippen molar-refractivity contribution in [3.05, 3.63) is 79.2 Å². The van der Waals surface area contributed by atoms with Crippen LogP contribution >= 0.6 is 11.6 Å². The summed E-state index contributed by atoms with van der Waals surface area (Å²) in [4.78, 5) is 28.4. The van der Waals surface area contributed by atoms with Crippen molar-refractivity contribution in [3.8, 4) is 0 Å². The highest BCUT2D eigenvalue weighted by Gasteiger charge is 2.32. The van der Waals surface area contributed by atoms with E-state index in [0.29, 0.717) is 17.9 Å². The molecule has 0 N–H and O–H groups in total. The Labute approximate surface area is 143 Å². The van der Waals surface area contributed by atoms with Crippen LogP contribution in [0.2, 0.25) is 5.02 Å². The molecule has 25 heavy (non-hydrogen) atoms. The standard InChI is InChI=1S/C16H11ClF3N3O2/c1-9-3-2-4-23-13(24)6-11(21-14(9)23)8-22-7-10(16(18,19)20)5-12(17)15(22)25/h2-7H,8H2,1H3. The van der Waals surface area contributed by atoms with Gasteiger partial charge in [-0.25, -0.2) is 4.98 Å². The summed E-state index contributed by atoms with van der Waals surface area (Å²) >= 11 is 5.62. The first-order valence-corrected chi connectivity index (χ1v) is 7.50. The van der Waals surface area contributed by atoms with E-state index in [2.05, 4.69) is 4.98 Å². The number of aryl methyl sites for hydroxylation is 1. The number of aromatic nitrogens is 3. The van der Waals surface area contributed by atoms with Crippen LogP contribution in [-0.4, -0.2) is 14.0 Å². The first kappa shape index (κ1) is 17.2. The van der Waals surface area contributed by atoms with Crippen LogP contribution in [0.4, 0.5) is 13.2 Å². The van der Waals surface area contributed by atoms with Gasteiger partial charge >= 0.3 is 6.18 Å². The second-order valence-corrected chi connectivity index (χ2v) is 5.89. The number of fused-ring (bicyclic) bond motifs is 1. The minimum Gasteiger partial charge on any atom is -0.308 e. The topological polar surface area (TPSA) is 56.4 Å². The molecular formula is C16H11ClF3N3O2. The van der Waals surface area contributed by atoms with Crippen LogP contribution in [0.5, 0.6) is 0 Å². The number of hydrogen-bond donors (Lipinski definition) is 0. The summed E-state index contributed by atoms with van der Waals surface area (Å²) in [5.41, 5.74) is -0.981. The molecule has 3 heterocycles. The molecule has 130 valence electrons. The number of alkyl halides is 3. The molecule has 3 aromatic rings. The maximum atomic E-state index is 12.9. The van der Waals surface area contributed by atoms with Gasteiger partial charge in [0.15, 0.2) is 0 Å². The van der Waals surface area contributed by atoms with Gasteiger partial charge in [-0.15, -0.1) is 0 Å². The van der Waals surface area contributed by atoms with Gasteiger partial charge in [-0.3, -0.25) is 14.0 Å². The molecule has 0 aromatic carbocycles. The second-order valence-electron chi connectivity index (χ2n) is 5.48. The van der Waals surface area contributed by atoms with E-state index in [1.165, 1.54) is 16.7 Å². The van der Waals surface area contributed by atoms with Crippen molar-refractivity contribution in [2.24, 2.45) is 0 Å². The molecule has 0 fully saturated rings. The fourth-order valence-electron chi connectivity index (χ4n) is 2.44. The van der Waals surface area contributed by atoms with Gasteiger partial charge in [0.05, 0.1) is 17.8 Å². The van der Waals surface area contributed by atoms with Crippen molar-refractivity contribution in [2.45, 2.75) is 19.6 Å². The zero-order valence-electron chi connectivity index (χ0n) is 12.8. The summed E-state index contributed by atoms with van der Waals surface area (Å²) in [6, 6.07) is 5.18. The van der Waals surface area contributed by atoms with Crippen LogP contribution in [0.25, 0.3) is 5.65 Å². The average molecular weight is 370 g/mol. The van der Waals surface area contributed by atoms with E-state index < -0.39 is 27.9 Å². The maximum Gasteiger partial charge on any atom is 0.417 e. The number of hydrogen-bond acceptors (Lipinski definition) is 3. The molecule has 0 amide bonds. The molecule has 3 aromatic heterocycles. The molecule has 0 aliphatic rings. The van der Waals surface area contributed by atoms with Crippen molar-refractivity contribution in [2.75, 3.05) is 0 Å². The Bertz CT molecular complexity index is 1090. The van der Waals surface area contributed by atoms with Crippen molar-refractivity contribution < 1.29 is 13.2 Å². The van der Waals surface area contributed by atoms with E-state index in [4.69, 9.17) is 11.6 Å². The van der Waals surface area contributed by atoms with Gasteiger partial charge in [0.25, 0.3) is 11.1 Å². The molecular weight excluding hydrogens is 359 g/mol. The van der Waals surface area contributed by atoms with Crippen LogP contribution in [0, 0.1) is 6.92 Å². The smallest absolute Gasteiger partial charge is 0.308 e. The Hall–Kier alpha value is -2.61. The molecule has 0 saturated heterocycles. The largest absolute Gasteiger partial charge is 0.417 e. The van der Waals surface area contributed by atoms with Crippen molar-refractivity contribution >= 4 is 17.2 Å². The molecule has 3 rings (SSSR count). The van der Waals surface area contributed by atoms with Crippen molar-refractivity contribution in [1.29, 1.82) is 0 Å². The van der Waals surface area contributed by atoms with E-state index >= 15 is 0 Å². The molecule has 0 atom stereocenters. The number of pyridine rings is 2. The van der Waals surface area contributed by atoms with Crippen LogP contribution in [-0.2, 0) is 12.7 Å². The normalized spacial score (nSPS) is 11.9. The summed E-state index contributed by atoms with van der Waals surface area (Å²) in [5, 5.41) is -0.552. The predicted octanol–water partition coefficient (Wildman–Crippen LogP) is 2.89. The first-order valence-electron chi connectivity index (χ1n) is 7.12. The Morgan fingerprint density at radius 2 is 1.96 bits per heavy atom. The highest BCUT2D eigenvalue weighted by Crippen LogP contribution is 2.29. The van der Waals surface area contributed by atoms with Crippen molar-refractivity contribution in [1.82, 2.24) is 14.0 Å². The van der Waals surface area contributed by atoms with Gasteiger partial charge in [0.1, 0.15) is 10.7 Å². The monoisotopic (exact) mass is 369 g/mol. The third-order valence-corrected chi connectivity index (χ3v) is 3.91. The Morgan fingerprint density at radius 3 is 2.64 bits per heavy atom. The Morgan fingerprint density at radius 1 is 1.24 bits per heavy atom. The summed E-state index contributed by atoms with van der Waals surface area (Å²) in [7, 11) is 0. The van der Waals surface area contributed by atoms with Gasteiger partial charge in [0.2, 0.25) is 0 Å². The van der Waals surface area contributed by atoms with Gasteiger partial charge in [-0.2, -0.15) is 13.2 Å². The zero-order chi connectivity index (χ0) is 18.4. The van der Waals surface area contributed by atoms with Gasteiger partial charge in [-0.05, 0) is 24.6 Å². The molecule has 0 bridgehead atoms. The minimum atomic E-state index is -4.65. The van der Waals surface area contributed by atoms with Crippen LogP contribution in [0.1, 0.15) is 16.8 Å². The van der Waals surface area contributed by atoms with Crippen molar-refractivity contribution in [3.63, 3.8) is 0 Å². The second kappa shape index (κ2) is 6.03. The first-order chi connectivity index (χ1) is 11.7. The molecule has 0 saturated carbocycles. The molecule has 0 spiro atoms. The van der Waals surface area contributed by atoms with Crippen LogP contribution in [0.3, 0.4) is 0 Å². The molecule has 5 nitrogen and oxygen atoms in total. The van der Waals surface area contributed by atoms with E-state index in [-0.39, 0.29) is 12.2 Å². The Kier molecular flexibility index (Phi) is 4.16. The number of nitrogens with zero attached hydrogens (tertiary/aromatic N) is 3. The third kappa shape index (κ3) is 3.30. The number of rotatable bonds is 2. The summed E-state index contributed by atoms with van der Waals surface area (Å²) in [6.07, 6.45) is -2.45. The lowest BCUT2D eigenvalue weighted by molar-refractivity contribution is -0.138. The fourth-order valence-corrected chi connectivity index (χ4v) is 2.66. The van der Waals surface area contributed by atoms with E-state index in [1.54, 1.807) is 19.1 Å². The SMILES string of the molecule is Cc1cccn2c(=O)cc(Cn3cc(C(F)(F)F)cc(Cl)c3=O)nc12. The number of halogens is 4. The molecule has 9 heteroatoms. The predicted molar refractivity (Wildman–Crippen MR) is 86.0 cm³/mol. The summed E-state index contributed by atoms with van der Waals surface area (Å²) in [5.74, 6) is 0. The quantitative estimate of drug-likeness (QED) is 0.698. The molecule has 0 aliphatic heterocycles. The average Bonchev–Trinajstić information content (AvgIpc) is 2.52. The highest BCUT2D eigenvalue weighted by atomic mass is 35.5. The van der Waals surface area contributed by atoms with E-state index in [9.17, 15) is 22.8 Å². The highest BCUT2D eigenvalue weighted by molar-refractivity contribution is 6.30. The molecule has 0 unspecified atom stereocenters. The van der Waals surface area contributed by atoms with E-state index in [1.807, 2.05) is 0 Å². The molecule has 0 aliphatic carbocycles. The Balaban J connectivity index is 2.13. The lowest BCUT2D eigenvalue weighted by Gasteiger charge is -2.12. The van der Waals surface area contributed by atoms with Crippen LogP contribution < -0.4 is 11.1 Å². The summed E-state index contributed by atoms with van der Waals surface area (Å²) < 4.78 is 40.8. The van der Waals surface area contributed by atoms with Gasteiger partial charge < -0.3 is 4.57 Å². The fraction of sp³-hybridized carbons (Fsp3) is 0.188. The van der Waals surface area contributed by atoms with Gasteiger partial charge in [-0.1, -0.05) is 17.7 Å². The zero-order valence-corrected chi connectivity index (χ0v) is 13.6. The lowest BCUT2D eigenvalue weighted by Crippen LogP contribution is -2.25. The lowest BCUT2D eigenvalue weighted by atomic mass is 10.2. The molecule has 0 radical (unpaired) electrons. The maximum absolute atomic E-state index is 12.9. The van der Waals surface area contributed by atoms with Crippen LogP contribution in [0.15, 0.2) is 46.2 Å². The summed E-state index contributed by atoms with van der Waals surface area (Å²) in [6.45, 7) is 1.45. The third-order valence-electron chi connectivity index (χ3n) is 3.64. The van der Waals surface area contributed by atoms with Gasteiger partial charge in [0, 0.05) is 18.5 Å². The van der Waals surface area contributed by atoms with E-state index in [0.717, 1.165) is 10.1 Å². The minimum absolute atomic E-state index is 0.164.